The molecule has 0 aromatic heterocycles. The van der Waals surface area contributed by atoms with Crippen LogP contribution in [0.4, 0.5) is 16.2 Å². The minimum atomic E-state index is -0.572. The summed E-state index contributed by atoms with van der Waals surface area (Å²) in [6, 6.07) is 25.3. The van der Waals surface area contributed by atoms with Crippen LogP contribution in [0, 0.1) is 11.8 Å². The van der Waals surface area contributed by atoms with Gasteiger partial charge in [-0.15, -0.1) is 0 Å². The van der Waals surface area contributed by atoms with Gasteiger partial charge in [0.2, 0.25) is 0 Å². The molecule has 2 saturated carbocycles. The van der Waals surface area contributed by atoms with Crippen LogP contribution in [0.5, 0.6) is 0 Å². The Morgan fingerprint density at radius 3 is 1.86 bits per heavy atom. The van der Waals surface area contributed by atoms with Gasteiger partial charge in [-0.25, -0.2) is 14.8 Å². The van der Waals surface area contributed by atoms with Crippen molar-refractivity contribution in [2.24, 2.45) is 33.3 Å². The fourth-order valence-electron chi connectivity index (χ4n) is 10.8. The molecule has 4 aliphatic carbocycles. The Bertz CT molecular complexity index is 2330. The average Bonchev–Trinajstić information content (AvgIpc) is 4.02. The highest BCUT2D eigenvalue weighted by molar-refractivity contribution is 6.30. The lowest BCUT2D eigenvalue weighted by Crippen LogP contribution is -2.38. The van der Waals surface area contributed by atoms with E-state index in [0.29, 0.717) is 41.3 Å². The summed E-state index contributed by atoms with van der Waals surface area (Å²) < 4.78 is 5.82. The number of amidine groups is 2. The first-order valence-electron chi connectivity index (χ1n) is 21.6. The first-order chi connectivity index (χ1) is 28.4. The molecule has 4 aromatic rings. The first-order valence-corrected chi connectivity index (χ1v) is 22.4. The van der Waals surface area contributed by atoms with E-state index in [1.807, 2.05) is 68.1 Å². The van der Waals surface area contributed by atoms with Gasteiger partial charge < -0.3 is 21.5 Å². The first kappa shape index (κ1) is 40.1. The van der Waals surface area contributed by atoms with Crippen molar-refractivity contribution in [3.8, 4) is 0 Å². The van der Waals surface area contributed by atoms with E-state index in [4.69, 9.17) is 49.4 Å². The van der Waals surface area contributed by atoms with Gasteiger partial charge in [0.05, 0.1) is 17.4 Å². The van der Waals surface area contributed by atoms with E-state index < -0.39 is 5.60 Å². The van der Waals surface area contributed by atoms with Gasteiger partial charge in [-0.2, -0.15) is 0 Å². The fraction of sp³-hybridized carbons (Fsp3) is 0.449. The number of nitrogens with two attached hydrogens (primary N) is 2. The second kappa shape index (κ2) is 16.2. The van der Waals surface area contributed by atoms with Crippen LogP contribution in [0.3, 0.4) is 0 Å². The maximum atomic E-state index is 13.4. The summed E-state index contributed by atoms with van der Waals surface area (Å²) in [5.74, 6) is 3.54. The van der Waals surface area contributed by atoms with Crippen LogP contribution in [0.25, 0.3) is 0 Å². The molecule has 6 unspecified atom stereocenters. The van der Waals surface area contributed by atoms with Crippen molar-refractivity contribution in [2.45, 2.75) is 128 Å². The SMILES string of the molecule is CC(C)(C)OC(=O)N(Cc1cccc(Cl)c1)C1CCc2cc3c(cc21)N=C(N)C1CCCC31.NC1=Nc2cc3c(cc2C2CCCC12)CCC3NCc1cccc(Cl)c1. The van der Waals surface area contributed by atoms with E-state index in [1.54, 1.807) is 0 Å². The van der Waals surface area contributed by atoms with Gasteiger partial charge in [0.25, 0.3) is 0 Å². The molecule has 10 rings (SSSR count). The molecule has 308 valence electrons. The quantitative estimate of drug-likeness (QED) is 0.179. The number of benzene rings is 4. The van der Waals surface area contributed by atoms with Crippen molar-refractivity contribution in [2.75, 3.05) is 0 Å². The predicted molar refractivity (Wildman–Crippen MR) is 239 cm³/mol. The summed E-state index contributed by atoms with van der Waals surface area (Å²) in [5.41, 5.74) is 24.5. The largest absolute Gasteiger partial charge is 0.444 e. The lowest BCUT2D eigenvalue weighted by atomic mass is 9.83. The third-order valence-corrected chi connectivity index (χ3v) is 13.9. The van der Waals surface area contributed by atoms with Gasteiger partial charge in [-0.1, -0.05) is 72.4 Å². The third kappa shape index (κ3) is 8.25. The van der Waals surface area contributed by atoms with Gasteiger partial charge in [0, 0.05) is 41.0 Å². The number of hydrogen-bond acceptors (Lipinski definition) is 7. The monoisotopic (exact) mass is 830 g/mol. The van der Waals surface area contributed by atoms with Gasteiger partial charge in [0.15, 0.2) is 0 Å². The Morgan fingerprint density at radius 2 is 1.25 bits per heavy atom. The molecular formula is C49H56Cl2N6O2. The van der Waals surface area contributed by atoms with E-state index >= 15 is 0 Å². The Labute approximate surface area is 358 Å². The lowest BCUT2D eigenvalue weighted by molar-refractivity contribution is 0.0137. The molecule has 10 heteroatoms. The summed E-state index contributed by atoms with van der Waals surface area (Å²) in [4.78, 5) is 24.8. The number of nitrogens with one attached hydrogen (secondary N) is 1. The maximum absolute atomic E-state index is 13.4. The summed E-state index contributed by atoms with van der Waals surface area (Å²) in [6.07, 6.45) is 11.0. The summed E-state index contributed by atoms with van der Waals surface area (Å²) in [5, 5.41) is 5.16. The van der Waals surface area contributed by atoms with Crippen molar-refractivity contribution in [1.82, 2.24) is 10.2 Å². The molecule has 2 fully saturated rings. The molecule has 0 saturated heterocycles. The number of rotatable bonds is 6. The van der Waals surface area contributed by atoms with E-state index in [-0.39, 0.29) is 12.1 Å². The van der Waals surface area contributed by atoms with Crippen LogP contribution in [0.15, 0.2) is 82.8 Å². The molecule has 6 atom stereocenters. The average molecular weight is 832 g/mol. The Morgan fingerprint density at radius 1 is 0.712 bits per heavy atom. The number of fused-ring (bicyclic) bond motifs is 8. The van der Waals surface area contributed by atoms with E-state index in [9.17, 15) is 4.79 Å². The molecule has 0 bridgehead atoms. The lowest BCUT2D eigenvalue weighted by Gasteiger charge is -2.33. The number of amides is 1. The number of aliphatic imine (C=N–C) groups is 2. The highest BCUT2D eigenvalue weighted by Crippen LogP contribution is 2.51. The Balaban J connectivity index is 0.000000156. The van der Waals surface area contributed by atoms with Gasteiger partial charge in [-0.05, 0) is 165 Å². The zero-order chi connectivity index (χ0) is 41.0. The predicted octanol–water partition coefficient (Wildman–Crippen LogP) is 11.7. The van der Waals surface area contributed by atoms with Crippen molar-refractivity contribution < 1.29 is 9.53 Å². The smallest absolute Gasteiger partial charge is 0.411 e. The van der Waals surface area contributed by atoms with Crippen LogP contribution >= 0.6 is 23.2 Å². The number of carbonyl (C=O) groups is 1. The normalized spacial score (nSPS) is 24.6. The molecule has 0 spiro atoms. The zero-order valence-corrected chi connectivity index (χ0v) is 36.0. The van der Waals surface area contributed by atoms with Crippen LogP contribution in [-0.4, -0.2) is 28.3 Å². The van der Waals surface area contributed by atoms with Crippen molar-refractivity contribution in [1.29, 1.82) is 0 Å². The maximum Gasteiger partial charge on any atom is 0.411 e. The van der Waals surface area contributed by atoms with Crippen molar-refractivity contribution >= 4 is 52.3 Å². The van der Waals surface area contributed by atoms with Gasteiger partial charge in [-0.3, -0.25) is 4.90 Å². The van der Waals surface area contributed by atoms with E-state index in [1.165, 1.54) is 65.5 Å². The Hall–Kier alpha value is -4.37. The number of aryl methyl sites for hydroxylation is 2. The number of carbonyl (C=O) groups excluding carboxylic acids is 1. The minimum Gasteiger partial charge on any atom is -0.444 e. The topological polar surface area (TPSA) is 118 Å². The van der Waals surface area contributed by atoms with E-state index in [2.05, 4.69) is 35.6 Å². The summed E-state index contributed by atoms with van der Waals surface area (Å²) in [7, 11) is 0. The summed E-state index contributed by atoms with van der Waals surface area (Å²) in [6.45, 7) is 6.97. The second-order valence-corrected chi connectivity index (χ2v) is 19.3. The second-order valence-electron chi connectivity index (χ2n) is 18.5. The number of ether oxygens (including phenoxy) is 1. The number of hydrogen-bond donors (Lipinski definition) is 3. The molecule has 1 amide bonds. The Kier molecular flexibility index (Phi) is 11.0. The van der Waals surface area contributed by atoms with Crippen LogP contribution in [0.1, 0.15) is 141 Å². The molecular weight excluding hydrogens is 775 g/mol. The molecule has 2 heterocycles. The van der Waals surface area contributed by atoms with Crippen LogP contribution in [0.2, 0.25) is 10.0 Å². The number of halogens is 2. The standard InChI is InChI=1S/C27H32ClN3O2.C22H24ClN3/c1-27(2,3)33-26(32)31(15-16-6-4-7-18(28)12-16)24-11-10-17-13-22-19-8-5-9-20(19)25(29)30-23(22)14-21(17)24;23-15-4-1-3-13(9-15)12-25-20-8-7-14-10-19-16-5-2-6-17(16)22(24)26-21(19)11-18(14)20/h4,6-7,12-14,19-20,24H,5,8-11,15H2,1-3H3,(H2,29,30);1,3-4,9-11,16-17,20,25H,2,5-8,12H2,(H2,24,26). The number of nitrogens with zero attached hydrogens (tertiary/aromatic N) is 3. The third-order valence-electron chi connectivity index (χ3n) is 13.5. The zero-order valence-electron chi connectivity index (χ0n) is 34.4. The molecule has 4 aromatic carbocycles. The van der Waals surface area contributed by atoms with E-state index in [0.717, 1.165) is 77.8 Å². The molecule has 8 nitrogen and oxygen atoms in total. The minimum absolute atomic E-state index is 0.0724. The highest BCUT2D eigenvalue weighted by Gasteiger charge is 2.40. The van der Waals surface area contributed by atoms with Crippen molar-refractivity contribution in [3.63, 3.8) is 0 Å². The fourth-order valence-corrected chi connectivity index (χ4v) is 11.2. The van der Waals surface area contributed by atoms with Gasteiger partial charge >= 0.3 is 6.09 Å². The van der Waals surface area contributed by atoms with Crippen LogP contribution in [-0.2, 0) is 30.7 Å². The highest BCUT2D eigenvalue weighted by atomic mass is 35.5. The molecule has 0 radical (unpaired) electrons. The molecule has 5 N–H and O–H groups in total. The van der Waals surface area contributed by atoms with Crippen LogP contribution < -0.4 is 16.8 Å². The molecule has 2 aliphatic heterocycles. The van der Waals surface area contributed by atoms with Gasteiger partial charge in [0.1, 0.15) is 17.3 Å². The summed E-state index contributed by atoms with van der Waals surface area (Å²) >= 11 is 12.3. The molecule has 6 aliphatic rings. The molecule has 59 heavy (non-hydrogen) atoms. The van der Waals surface area contributed by atoms with Crippen molar-refractivity contribution in [3.05, 3.63) is 127 Å².